The summed E-state index contributed by atoms with van der Waals surface area (Å²) >= 11 is 0. The first kappa shape index (κ1) is 12.5. The summed E-state index contributed by atoms with van der Waals surface area (Å²) in [6.45, 7) is 4.62. The molecule has 1 rings (SSSR count). The molecular weight excluding hydrogens is 188 g/mol. The van der Waals surface area contributed by atoms with Crippen LogP contribution >= 0.6 is 0 Å². The normalized spacial score (nSPS) is 18.6. The molecule has 0 aliphatic heterocycles. The molecule has 0 unspecified atom stereocenters. The molecule has 0 bridgehead atoms. The van der Waals surface area contributed by atoms with Gasteiger partial charge in [0.2, 0.25) is 0 Å². The Balaban J connectivity index is 2.03. The number of aliphatic imine (C=N–C) groups is 1. The Labute approximate surface area is 93.1 Å². The molecule has 0 aromatic heterocycles. The maximum atomic E-state index is 5.93. The lowest BCUT2D eigenvalue weighted by atomic mass is 10.1. The van der Waals surface area contributed by atoms with Gasteiger partial charge in [0.25, 0.3) is 0 Å². The molecule has 3 heteroatoms. The van der Waals surface area contributed by atoms with Crippen molar-refractivity contribution in [3.05, 3.63) is 0 Å². The summed E-state index contributed by atoms with van der Waals surface area (Å²) in [6, 6.07) is 0. The summed E-state index contributed by atoms with van der Waals surface area (Å²) < 4.78 is 5.38. The first-order chi connectivity index (χ1) is 7.34. The van der Waals surface area contributed by atoms with Crippen molar-refractivity contribution in [2.24, 2.45) is 16.6 Å². The van der Waals surface area contributed by atoms with Gasteiger partial charge in [-0.1, -0.05) is 19.8 Å². The third kappa shape index (κ3) is 5.17. The third-order valence-corrected chi connectivity index (χ3v) is 2.86. The van der Waals surface area contributed by atoms with E-state index >= 15 is 0 Å². The highest BCUT2D eigenvalue weighted by molar-refractivity contribution is 5.83. The Hall–Kier alpha value is -0.570. The molecule has 1 aliphatic carbocycles. The predicted octanol–water partition coefficient (Wildman–Crippen LogP) is 2.35. The molecular formula is C12H24N2O. The van der Waals surface area contributed by atoms with Gasteiger partial charge in [-0.05, 0) is 25.7 Å². The maximum absolute atomic E-state index is 5.93. The highest BCUT2D eigenvalue weighted by Crippen LogP contribution is 2.24. The number of nitrogens with two attached hydrogens (primary N) is 1. The fourth-order valence-corrected chi connectivity index (χ4v) is 1.97. The Kier molecular flexibility index (Phi) is 6.41. The number of rotatable bonds is 7. The van der Waals surface area contributed by atoms with Crippen molar-refractivity contribution < 1.29 is 4.74 Å². The van der Waals surface area contributed by atoms with Crippen LogP contribution in [0.5, 0.6) is 0 Å². The van der Waals surface area contributed by atoms with Gasteiger partial charge in [-0.15, -0.1) is 0 Å². The molecule has 0 heterocycles. The van der Waals surface area contributed by atoms with Crippen LogP contribution in [0.3, 0.4) is 0 Å². The molecule has 0 aromatic rings. The molecule has 0 aromatic carbocycles. The Morgan fingerprint density at radius 1 is 1.33 bits per heavy atom. The number of amidine groups is 1. The van der Waals surface area contributed by atoms with Crippen molar-refractivity contribution >= 4 is 5.84 Å². The van der Waals surface area contributed by atoms with E-state index in [4.69, 9.17) is 10.5 Å². The van der Waals surface area contributed by atoms with E-state index in [2.05, 4.69) is 11.9 Å². The summed E-state index contributed by atoms with van der Waals surface area (Å²) in [6.07, 6.45) is 7.20. The van der Waals surface area contributed by atoms with E-state index < -0.39 is 0 Å². The lowest BCUT2D eigenvalue weighted by molar-refractivity contribution is 0.134. The summed E-state index contributed by atoms with van der Waals surface area (Å²) in [5.41, 5.74) is 5.93. The second kappa shape index (κ2) is 7.69. The van der Waals surface area contributed by atoms with Crippen LogP contribution in [0.25, 0.3) is 0 Å². The van der Waals surface area contributed by atoms with Crippen molar-refractivity contribution in [2.45, 2.75) is 45.4 Å². The Morgan fingerprint density at radius 2 is 2.07 bits per heavy atom. The van der Waals surface area contributed by atoms with Crippen molar-refractivity contribution in [2.75, 3.05) is 19.8 Å². The minimum absolute atomic E-state index is 0.571. The van der Waals surface area contributed by atoms with E-state index in [1.807, 2.05) is 0 Å². The van der Waals surface area contributed by atoms with Gasteiger partial charge >= 0.3 is 0 Å². The summed E-state index contributed by atoms with van der Waals surface area (Å²) in [5.74, 6) is 1.45. The van der Waals surface area contributed by atoms with Crippen molar-refractivity contribution in [3.8, 4) is 0 Å². The Morgan fingerprint density at radius 3 is 2.73 bits per heavy atom. The SMILES string of the molecule is CCCOCCCN=C(N)C1CCCC1. The summed E-state index contributed by atoms with van der Waals surface area (Å²) in [7, 11) is 0. The second-order valence-electron chi connectivity index (χ2n) is 4.25. The molecule has 1 fully saturated rings. The van der Waals surface area contributed by atoms with Crippen LogP contribution in [0.1, 0.15) is 45.4 Å². The summed E-state index contributed by atoms with van der Waals surface area (Å²) in [5, 5.41) is 0. The smallest absolute Gasteiger partial charge is 0.0968 e. The van der Waals surface area contributed by atoms with Crippen LogP contribution in [0.2, 0.25) is 0 Å². The minimum Gasteiger partial charge on any atom is -0.387 e. The monoisotopic (exact) mass is 212 g/mol. The zero-order valence-electron chi connectivity index (χ0n) is 9.87. The van der Waals surface area contributed by atoms with Gasteiger partial charge in [0.15, 0.2) is 0 Å². The lowest BCUT2D eigenvalue weighted by Crippen LogP contribution is -2.21. The van der Waals surface area contributed by atoms with Gasteiger partial charge in [0.05, 0.1) is 5.84 Å². The van der Waals surface area contributed by atoms with Crippen LogP contribution in [0, 0.1) is 5.92 Å². The highest BCUT2D eigenvalue weighted by Gasteiger charge is 2.17. The first-order valence-corrected chi connectivity index (χ1v) is 6.22. The van der Waals surface area contributed by atoms with Gasteiger partial charge in [-0.2, -0.15) is 0 Å². The van der Waals surface area contributed by atoms with Gasteiger partial charge in [0.1, 0.15) is 0 Å². The number of ether oxygens (including phenoxy) is 1. The molecule has 0 saturated heterocycles. The first-order valence-electron chi connectivity index (χ1n) is 6.22. The molecule has 0 atom stereocenters. The maximum Gasteiger partial charge on any atom is 0.0968 e. The van der Waals surface area contributed by atoms with Crippen LogP contribution in [-0.4, -0.2) is 25.6 Å². The average Bonchev–Trinajstić information content (AvgIpc) is 2.76. The van der Waals surface area contributed by atoms with Crippen LogP contribution in [0.4, 0.5) is 0 Å². The molecule has 15 heavy (non-hydrogen) atoms. The molecule has 0 spiro atoms. The zero-order valence-corrected chi connectivity index (χ0v) is 9.87. The third-order valence-electron chi connectivity index (χ3n) is 2.86. The summed E-state index contributed by atoms with van der Waals surface area (Å²) in [4.78, 5) is 4.42. The fourth-order valence-electron chi connectivity index (χ4n) is 1.97. The van der Waals surface area contributed by atoms with E-state index in [9.17, 15) is 0 Å². The van der Waals surface area contributed by atoms with Crippen LogP contribution < -0.4 is 5.73 Å². The largest absolute Gasteiger partial charge is 0.387 e. The van der Waals surface area contributed by atoms with Crippen molar-refractivity contribution in [3.63, 3.8) is 0 Å². The van der Waals surface area contributed by atoms with Gasteiger partial charge in [-0.3, -0.25) is 4.99 Å². The zero-order chi connectivity index (χ0) is 10.9. The lowest BCUT2D eigenvalue weighted by Gasteiger charge is -2.07. The fraction of sp³-hybridized carbons (Fsp3) is 0.917. The van der Waals surface area contributed by atoms with E-state index in [1.165, 1.54) is 25.7 Å². The highest BCUT2D eigenvalue weighted by atomic mass is 16.5. The van der Waals surface area contributed by atoms with Crippen molar-refractivity contribution in [1.82, 2.24) is 0 Å². The van der Waals surface area contributed by atoms with E-state index in [1.54, 1.807) is 0 Å². The topological polar surface area (TPSA) is 47.6 Å². The number of nitrogens with zero attached hydrogens (tertiary/aromatic N) is 1. The van der Waals surface area contributed by atoms with E-state index in [-0.39, 0.29) is 0 Å². The van der Waals surface area contributed by atoms with Gasteiger partial charge < -0.3 is 10.5 Å². The standard InChI is InChI=1S/C12H24N2O/c1-2-9-15-10-5-8-14-12(13)11-6-3-4-7-11/h11H,2-10H2,1H3,(H2,13,14). The molecule has 1 aliphatic rings. The Bertz CT molecular complexity index is 186. The van der Waals surface area contributed by atoms with E-state index in [0.717, 1.165) is 38.4 Å². The molecule has 0 radical (unpaired) electrons. The van der Waals surface area contributed by atoms with Gasteiger partial charge in [0, 0.05) is 25.7 Å². The number of hydrogen-bond donors (Lipinski definition) is 1. The van der Waals surface area contributed by atoms with Gasteiger partial charge in [-0.25, -0.2) is 0 Å². The molecule has 1 saturated carbocycles. The second-order valence-corrected chi connectivity index (χ2v) is 4.25. The minimum atomic E-state index is 0.571. The molecule has 0 amide bonds. The number of hydrogen-bond acceptors (Lipinski definition) is 2. The molecule has 2 N–H and O–H groups in total. The van der Waals surface area contributed by atoms with Crippen LogP contribution in [0.15, 0.2) is 4.99 Å². The quantitative estimate of drug-likeness (QED) is 0.400. The predicted molar refractivity (Wildman–Crippen MR) is 64.2 cm³/mol. The van der Waals surface area contributed by atoms with Crippen molar-refractivity contribution in [1.29, 1.82) is 0 Å². The van der Waals surface area contributed by atoms with E-state index in [0.29, 0.717) is 5.92 Å². The molecule has 3 nitrogen and oxygen atoms in total. The average molecular weight is 212 g/mol. The van der Waals surface area contributed by atoms with Crippen LogP contribution in [-0.2, 0) is 4.74 Å². The molecule has 88 valence electrons.